The summed E-state index contributed by atoms with van der Waals surface area (Å²) in [6, 6.07) is 9.42. The fourth-order valence-electron chi connectivity index (χ4n) is 1.02. The minimum absolute atomic E-state index is 0.738. The maximum absolute atomic E-state index is 5.74. The maximum Gasteiger partial charge on any atom is 0.177 e. The van der Waals surface area contributed by atoms with Crippen molar-refractivity contribution in [3.8, 4) is 11.1 Å². The molecule has 0 atom stereocenters. The standard InChI is InChI=1S/C10H6ClO/c11-10-3-1-8(2-4-10)9-5-6-12-7-9/h1-6H. The van der Waals surface area contributed by atoms with Gasteiger partial charge in [0, 0.05) is 10.6 Å². The van der Waals surface area contributed by atoms with Gasteiger partial charge < -0.3 is 4.42 Å². The molecule has 1 aromatic carbocycles. The van der Waals surface area contributed by atoms with Crippen LogP contribution in [0.3, 0.4) is 0 Å². The van der Waals surface area contributed by atoms with Gasteiger partial charge in [-0.25, -0.2) is 0 Å². The van der Waals surface area contributed by atoms with Crippen LogP contribution in [0.2, 0.25) is 5.02 Å². The predicted molar refractivity (Wildman–Crippen MR) is 48.0 cm³/mol. The summed E-state index contributed by atoms with van der Waals surface area (Å²) in [7, 11) is 0. The van der Waals surface area contributed by atoms with E-state index in [0.29, 0.717) is 0 Å². The molecule has 1 heterocycles. The smallest absolute Gasteiger partial charge is 0.177 e. The van der Waals surface area contributed by atoms with E-state index in [1.807, 2.05) is 30.3 Å². The number of rotatable bonds is 1. The molecule has 0 spiro atoms. The molecule has 1 aromatic heterocycles. The normalized spacial score (nSPS) is 10.1. The van der Waals surface area contributed by atoms with E-state index in [4.69, 9.17) is 16.0 Å². The molecular weight excluding hydrogens is 172 g/mol. The van der Waals surface area contributed by atoms with Crippen LogP contribution in [0.15, 0.2) is 41.0 Å². The Balaban J connectivity index is 2.43. The number of furan rings is 1. The van der Waals surface area contributed by atoms with Gasteiger partial charge >= 0.3 is 0 Å². The Kier molecular flexibility index (Phi) is 1.88. The second kappa shape index (κ2) is 3.03. The summed E-state index contributed by atoms with van der Waals surface area (Å²) in [6.45, 7) is 0. The van der Waals surface area contributed by atoms with Crippen LogP contribution in [-0.4, -0.2) is 0 Å². The van der Waals surface area contributed by atoms with Gasteiger partial charge in [0.25, 0.3) is 0 Å². The molecule has 0 aliphatic carbocycles. The lowest BCUT2D eigenvalue weighted by Crippen LogP contribution is -1.71. The highest BCUT2D eigenvalue weighted by molar-refractivity contribution is 6.30. The quantitative estimate of drug-likeness (QED) is 0.651. The van der Waals surface area contributed by atoms with E-state index in [2.05, 4.69) is 6.26 Å². The molecule has 12 heavy (non-hydrogen) atoms. The van der Waals surface area contributed by atoms with Crippen molar-refractivity contribution in [2.75, 3.05) is 0 Å². The maximum atomic E-state index is 5.74. The number of benzene rings is 1. The number of halogens is 1. The minimum atomic E-state index is 0.738. The molecular formula is C10H6ClO. The van der Waals surface area contributed by atoms with Crippen LogP contribution in [-0.2, 0) is 0 Å². The van der Waals surface area contributed by atoms with Gasteiger partial charge in [-0.15, -0.1) is 0 Å². The highest BCUT2D eigenvalue weighted by Crippen LogP contribution is 2.20. The number of hydrogen-bond acceptors (Lipinski definition) is 1. The van der Waals surface area contributed by atoms with Gasteiger partial charge in [-0.05, 0) is 23.8 Å². The Hall–Kier alpha value is -1.21. The predicted octanol–water partition coefficient (Wildman–Crippen LogP) is 3.40. The molecule has 1 radical (unpaired) electrons. The Morgan fingerprint density at radius 1 is 1.08 bits per heavy atom. The van der Waals surface area contributed by atoms with Gasteiger partial charge in [0.1, 0.15) is 0 Å². The molecule has 0 N–H and O–H groups in total. The van der Waals surface area contributed by atoms with Gasteiger partial charge in [-0.3, -0.25) is 0 Å². The molecule has 0 aliphatic heterocycles. The first-order chi connectivity index (χ1) is 5.86. The van der Waals surface area contributed by atoms with Crippen molar-refractivity contribution in [2.24, 2.45) is 0 Å². The fraction of sp³-hybridized carbons (Fsp3) is 0. The van der Waals surface area contributed by atoms with Crippen LogP contribution in [0.1, 0.15) is 0 Å². The molecule has 2 heteroatoms. The zero-order chi connectivity index (χ0) is 8.39. The van der Waals surface area contributed by atoms with Crippen molar-refractivity contribution in [1.82, 2.24) is 0 Å². The van der Waals surface area contributed by atoms with Crippen LogP contribution >= 0.6 is 11.6 Å². The first-order valence-corrected chi connectivity index (χ1v) is 3.95. The lowest BCUT2D eigenvalue weighted by atomic mass is 10.1. The van der Waals surface area contributed by atoms with E-state index in [1.165, 1.54) is 0 Å². The van der Waals surface area contributed by atoms with E-state index in [1.54, 1.807) is 6.26 Å². The first kappa shape index (κ1) is 7.44. The monoisotopic (exact) mass is 177 g/mol. The van der Waals surface area contributed by atoms with Crippen molar-refractivity contribution in [3.05, 3.63) is 47.9 Å². The van der Waals surface area contributed by atoms with E-state index < -0.39 is 0 Å². The SMILES string of the molecule is Clc1ccc(-c2[c]occ2)cc1. The summed E-state index contributed by atoms with van der Waals surface area (Å²) in [4.78, 5) is 0. The summed E-state index contributed by atoms with van der Waals surface area (Å²) >= 11 is 5.74. The largest absolute Gasteiger partial charge is 0.460 e. The Morgan fingerprint density at radius 3 is 2.42 bits per heavy atom. The second-order valence-corrected chi connectivity index (χ2v) is 2.88. The highest BCUT2D eigenvalue weighted by atomic mass is 35.5. The third-order valence-corrected chi connectivity index (χ3v) is 1.88. The van der Waals surface area contributed by atoms with E-state index in [9.17, 15) is 0 Å². The van der Waals surface area contributed by atoms with Crippen molar-refractivity contribution in [1.29, 1.82) is 0 Å². The minimum Gasteiger partial charge on any atom is -0.460 e. The zero-order valence-corrected chi connectivity index (χ0v) is 7.01. The Labute approximate surface area is 75.6 Å². The molecule has 0 fully saturated rings. The molecule has 0 saturated carbocycles. The zero-order valence-electron chi connectivity index (χ0n) is 6.25. The van der Waals surface area contributed by atoms with Crippen LogP contribution in [0.5, 0.6) is 0 Å². The third kappa shape index (κ3) is 1.36. The molecule has 59 valence electrons. The van der Waals surface area contributed by atoms with Gasteiger partial charge in [0.2, 0.25) is 0 Å². The van der Waals surface area contributed by atoms with E-state index in [-0.39, 0.29) is 0 Å². The summed E-state index contributed by atoms with van der Waals surface area (Å²) in [5.41, 5.74) is 2.01. The van der Waals surface area contributed by atoms with E-state index >= 15 is 0 Å². The second-order valence-electron chi connectivity index (χ2n) is 2.44. The van der Waals surface area contributed by atoms with Crippen molar-refractivity contribution >= 4 is 11.6 Å². The molecule has 0 aliphatic rings. The van der Waals surface area contributed by atoms with Gasteiger partial charge in [0.05, 0.1) is 6.26 Å². The fourth-order valence-corrected chi connectivity index (χ4v) is 1.14. The Morgan fingerprint density at radius 2 is 1.83 bits per heavy atom. The van der Waals surface area contributed by atoms with Crippen LogP contribution in [0.25, 0.3) is 11.1 Å². The number of hydrogen-bond donors (Lipinski definition) is 0. The molecule has 2 rings (SSSR count). The Bertz CT molecular complexity index is 348. The molecule has 0 bridgehead atoms. The van der Waals surface area contributed by atoms with Crippen LogP contribution < -0.4 is 0 Å². The van der Waals surface area contributed by atoms with Crippen LogP contribution in [0.4, 0.5) is 0 Å². The molecule has 0 unspecified atom stereocenters. The average molecular weight is 178 g/mol. The summed E-state index contributed by atoms with van der Waals surface area (Å²) < 4.78 is 4.84. The van der Waals surface area contributed by atoms with Crippen molar-refractivity contribution in [3.63, 3.8) is 0 Å². The highest BCUT2D eigenvalue weighted by Gasteiger charge is 1.97. The van der Waals surface area contributed by atoms with Crippen LogP contribution in [0, 0.1) is 6.26 Å². The van der Waals surface area contributed by atoms with Crippen molar-refractivity contribution < 1.29 is 4.42 Å². The molecule has 2 aromatic rings. The lowest BCUT2D eigenvalue weighted by Gasteiger charge is -1.94. The molecule has 1 nitrogen and oxygen atoms in total. The summed E-state index contributed by atoms with van der Waals surface area (Å²) in [5, 5.41) is 0.738. The topological polar surface area (TPSA) is 13.1 Å². The average Bonchev–Trinajstić information content (AvgIpc) is 2.58. The molecule has 0 amide bonds. The van der Waals surface area contributed by atoms with Gasteiger partial charge in [0.15, 0.2) is 6.26 Å². The first-order valence-electron chi connectivity index (χ1n) is 3.57. The summed E-state index contributed by atoms with van der Waals surface area (Å²) in [6.07, 6.45) is 4.36. The lowest BCUT2D eigenvalue weighted by molar-refractivity contribution is 0.559. The molecule has 0 saturated heterocycles. The van der Waals surface area contributed by atoms with E-state index in [0.717, 1.165) is 16.1 Å². The van der Waals surface area contributed by atoms with Gasteiger partial charge in [-0.1, -0.05) is 23.7 Å². The summed E-state index contributed by atoms with van der Waals surface area (Å²) in [5.74, 6) is 0. The third-order valence-electron chi connectivity index (χ3n) is 1.63. The van der Waals surface area contributed by atoms with Crippen molar-refractivity contribution in [2.45, 2.75) is 0 Å². The van der Waals surface area contributed by atoms with Gasteiger partial charge in [-0.2, -0.15) is 0 Å².